The lowest BCUT2D eigenvalue weighted by Crippen LogP contribution is -2.38. The fraction of sp³-hybridized carbons (Fsp3) is 0.562. The van der Waals surface area contributed by atoms with Gasteiger partial charge in [-0.05, 0) is 32.9 Å². The van der Waals surface area contributed by atoms with Gasteiger partial charge in [0.1, 0.15) is 10.7 Å². The number of fused-ring (bicyclic) bond motifs is 1. The first kappa shape index (κ1) is 17.6. The second-order valence-electron chi connectivity index (χ2n) is 5.74. The molecule has 0 aliphatic carbocycles. The highest BCUT2D eigenvalue weighted by molar-refractivity contribution is 7.18. The molecule has 23 heavy (non-hydrogen) atoms. The summed E-state index contributed by atoms with van der Waals surface area (Å²) in [6.45, 7) is 9.45. The Morgan fingerprint density at radius 1 is 1.39 bits per heavy atom. The first-order valence-electron chi connectivity index (χ1n) is 7.91. The highest BCUT2D eigenvalue weighted by Crippen LogP contribution is 2.25. The Hall–Kier alpha value is -1.73. The molecule has 2 aromatic heterocycles. The van der Waals surface area contributed by atoms with Crippen molar-refractivity contribution in [2.24, 2.45) is 0 Å². The number of hydrogen-bond acceptors (Lipinski definition) is 5. The third-order valence-corrected chi connectivity index (χ3v) is 4.94. The van der Waals surface area contributed by atoms with Crippen molar-refractivity contribution in [2.75, 3.05) is 13.1 Å². The minimum absolute atomic E-state index is 0.0314. The van der Waals surface area contributed by atoms with Crippen molar-refractivity contribution >= 4 is 27.5 Å². The number of rotatable bonds is 7. The van der Waals surface area contributed by atoms with Gasteiger partial charge in [0, 0.05) is 30.3 Å². The summed E-state index contributed by atoms with van der Waals surface area (Å²) < 4.78 is 0. The smallest absolute Gasteiger partial charge is 0.259 e. The van der Waals surface area contributed by atoms with Gasteiger partial charge in [-0.3, -0.25) is 9.59 Å². The largest absolute Gasteiger partial charge is 0.355 e. The second kappa shape index (κ2) is 7.70. The molecule has 1 amide bonds. The Labute approximate surface area is 139 Å². The molecule has 0 aliphatic rings. The van der Waals surface area contributed by atoms with E-state index in [1.54, 1.807) is 0 Å². The third-order valence-electron chi connectivity index (χ3n) is 3.83. The number of hydrogen-bond donors (Lipinski definition) is 3. The number of nitrogens with one attached hydrogen (secondary N) is 3. The SMILES string of the molecule is CCN[C@H](C)CNC(=O)CCc1nc2sc(C)c(C)c2c(=O)[nH]1. The van der Waals surface area contributed by atoms with E-state index in [9.17, 15) is 9.59 Å². The van der Waals surface area contributed by atoms with Crippen molar-refractivity contribution in [2.45, 2.75) is 46.6 Å². The molecule has 126 valence electrons. The Balaban J connectivity index is 1.97. The van der Waals surface area contributed by atoms with Crippen molar-refractivity contribution < 1.29 is 4.79 Å². The summed E-state index contributed by atoms with van der Waals surface area (Å²) in [5.41, 5.74) is 0.869. The molecule has 2 aromatic rings. The van der Waals surface area contributed by atoms with Crippen LogP contribution in [0.3, 0.4) is 0 Å². The van der Waals surface area contributed by atoms with Crippen LogP contribution in [0.25, 0.3) is 10.2 Å². The lowest BCUT2D eigenvalue weighted by atomic mass is 10.2. The van der Waals surface area contributed by atoms with Gasteiger partial charge < -0.3 is 15.6 Å². The van der Waals surface area contributed by atoms with Crippen LogP contribution in [-0.4, -0.2) is 35.0 Å². The van der Waals surface area contributed by atoms with Crippen LogP contribution >= 0.6 is 11.3 Å². The molecular formula is C16H24N4O2S. The van der Waals surface area contributed by atoms with Gasteiger partial charge in [-0.1, -0.05) is 6.92 Å². The standard InChI is InChI=1S/C16H24N4O2S/c1-5-17-9(2)8-18-13(21)7-6-12-19-15(22)14-10(3)11(4)23-16(14)20-12/h9,17H,5-8H2,1-4H3,(H,18,21)(H,19,20,22)/t9-/m1/s1. The molecule has 2 rings (SSSR count). The zero-order chi connectivity index (χ0) is 17.0. The monoisotopic (exact) mass is 336 g/mol. The van der Waals surface area contributed by atoms with E-state index in [-0.39, 0.29) is 17.5 Å². The molecule has 2 heterocycles. The van der Waals surface area contributed by atoms with Crippen molar-refractivity contribution in [3.8, 4) is 0 Å². The molecule has 0 aliphatic heterocycles. The van der Waals surface area contributed by atoms with Gasteiger partial charge in [-0.2, -0.15) is 0 Å². The maximum atomic E-state index is 12.2. The molecule has 0 unspecified atom stereocenters. The fourth-order valence-electron chi connectivity index (χ4n) is 2.43. The highest BCUT2D eigenvalue weighted by Gasteiger charge is 2.12. The molecule has 0 aromatic carbocycles. The van der Waals surface area contributed by atoms with E-state index in [0.29, 0.717) is 30.6 Å². The molecule has 0 radical (unpaired) electrons. The van der Waals surface area contributed by atoms with E-state index in [1.165, 1.54) is 11.3 Å². The van der Waals surface area contributed by atoms with E-state index < -0.39 is 0 Å². The molecule has 3 N–H and O–H groups in total. The first-order valence-corrected chi connectivity index (χ1v) is 8.73. The predicted octanol–water partition coefficient (Wildman–Crippen LogP) is 1.65. The predicted molar refractivity (Wildman–Crippen MR) is 94.2 cm³/mol. The fourth-order valence-corrected chi connectivity index (χ4v) is 3.47. The van der Waals surface area contributed by atoms with Crippen LogP contribution in [0.15, 0.2) is 4.79 Å². The lowest BCUT2D eigenvalue weighted by Gasteiger charge is -2.13. The van der Waals surface area contributed by atoms with Gasteiger partial charge in [-0.25, -0.2) is 4.98 Å². The number of aromatic amines is 1. The normalized spacial score (nSPS) is 12.5. The minimum Gasteiger partial charge on any atom is -0.355 e. The van der Waals surface area contributed by atoms with Crippen molar-refractivity contribution in [1.82, 2.24) is 20.6 Å². The Morgan fingerprint density at radius 3 is 2.83 bits per heavy atom. The number of H-pyrrole nitrogens is 1. The quantitative estimate of drug-likeness (QED) is 0.717. The van der Waals surface area contributed by atoms with Gasteiger partial charge in [-0.15, -0.1) is 11.3 Å². The second-order valence-corrected chi connectivity index (χ2v) is 6.94. The topological polar surface area (TPSA) is 86.9 Å². The van der Waals surface area contributed by atoms with Crippen LogP contribution in [0.5, 0.6) is 0 Å². The Morgan fingerprint density at radius 2 is 2.13 bits per heavy atom. The Kier molecular flexibility index (Phi) is 5.90. The zero-order valence-electron chi connectivity index (χ0n) is 14.1. The zero-order valence-corrected chi connectivity index (χ0v) is 14.9. The molecule has 0 saturated carbocycles. The average molecular weight is 336 g/mol. The lowest BCUT2D eigenvalue weighted by molar-refractivity contribution is -0.121. The number of nitrogens with zero attached hydrogens (tertiary/aromatic N) is 1. The van der Waals surface area contributed by atoms with Gasteiger partial charge >= 0.3 is 0 Å². The van der Waals surface area contributed by atoms with Crippen LogP contribution < -0.4 is 16.2 Å². The van der Waals surface area contributed by atoms with Crippen LogP contribution in [0.4, 0.5) is 0 Å². The average Bonchev–Trinajstić information content (AvgIpc) is 2.78. The maximum Gasteiger partial charge on any atom is 0.259 e. The summed E-state index contributed by atoms with van der Waals surface area (Å²) in [7, 11) is 0. The summed E-state index contributed by atoms with van der Waals surface area (Å²) in [4.78, 5) is 33.2. The Bertz CT molecular complexity index is 750. The molecule has 0 spiro atoms. The number of carbonyl (C=O) groups excluding carboxylic acids is 1. The molecular weight excluding hydrogens is 312 g/mol. The first-order chi connectivity index (χ1) is 10.9. The molecule has 0 fully saturated rings. The van der Waals surface area contributed by atoms with Gasteiger partial charge in [0.25, 0.3) is 5.56 Å². The number of likely N-dealkylation sites (N-methyl/N-ethyl adjacent to an activating group) is 1. The van der Waals surface area contributed by atoms with Crippen molar-refractivity contribution in [3.05, 3.63) is 26.6 Å². The third kappa shape index (κ3) is 4.39. The molecule has 7 heteroatoms. The van der Waals surface area contributed by atoms with Crippen LogP contribution in [0.1, 0.15) is 36.5 Å². The maximum absolute atomic E-state index is 12.2. The summed E-state index contributed by atoms with van der Waals surface area (Å²) in [6.07, 6.45) is 0.749. The van der Waals surface area contributed by atoms with Crippen molar-refractivity contribution in [1.29, 1.82) is 0 Å². The van der Waals surface area contributed by atoms with Crippen LogP contribution in [0.2, 0.25) is 0 Å². The van der Waals surface area contributed by atoms with E-state index >= 15 is 0 Å². The molecule has 0 bridgehead atoms. The number of amides is 1. The molecule has 6 nitrogen and oxygen atoms in total. The summed E-state index contributed by atoms with van der Waals surface area (Å²) in [5, 5.41) is 6.79. The van der Waals surface area contributed by atoms with Gasteiger partial charge in [0.05, 0.1) is 5.39 Å². The van der Waals surface area contributed by atoms with Gasteiger partial charge in [0.15, 0.2) is 0 Å². The van der Waals surface area contributed by atoms with E-state index in [0.717, 1.165) is 21.8 Å². The van der Waals surface area contributed by atoms with E-state index in [1.807, 2.05) is 27.7 Å². The minimum atomic E-state index is -0.118. The number of carbonyl (C=O) groups is 1. The van der Waals surface area contributed by atoms with E-state index in [4.69, 9.17) is 0 Å². The van der Waals surface area contributed by atoms with Crippen LogP contribution in [-0.2, 0) is 11.2 Å². The highest BCUT2D eigenvalue weighted by atomic mass is 32.1. The summed E-state index contributed by atoms with van der Waals surface area (Å²) >= 11 is 1.52. The number of aryl methyl sites for hydroxylation is 3. The van der Waals surface area contributed by atoms with Crippen LogP contribution in [0, 0.1) is 13.8 Å². The van der Waals surface area contributed by atoms with Gasteiger partial charge in [0.2, 0.25) is 5.91 Å². The number of thiophene rings is 1. The molecule has 1 atom stereocenters. The molecule has 0 saturated heterocycles. The summed E-state index contributed by atoms with van der Waals surface area (Å²) in [5.74, 6) is 0.537. The van der Waals surface area contributed by atoms with E-state index in [2.05, 4.69) is 20.6 Å². The summed E-state index contributed by atoms with van der Waals surface area (Å²) in [6, 6.07) is 0.246. The van der Waals surface area contributed by atoms with Crippen molar-refractivity contribution in [3.63, 3.8) is 0 Å². The number of aromatic nitrogens is 2.